The average Bonchev–Trinajstić information content (AvgIpc) is 3.46. The van der Waals surface area contributed by atoms with Crippen molar-refractivity contribution in [1.29, 1.82) is 0 Å². The lowest BCUT2D eigenvalue weighted by Crippen LogP contribution is -2.28. The highest BCUT2D eigenvalue weighted by molar-refractivity contribution is 8.00. The van der Waals surface area contributed by atoms with Crippen LogP contribution in [0.4, 0.5) is 10.1 Å². The summed E-state index contributed by atoms with van der Waals surface area (Å²) in [5.41, 5.74) is 2.83. The number of nitrogens with zero attached hydrogens (tertiary/aromatic N) is 2. The highest BCUT2D eigenvalue weighted by atomic mass is 32.2. The lowest BCUT2D eigenvalue weighted by atomic mass is 10.1. The monoisotopic (exact) mass is 472 g/mol. The predicted octanol–water partition coefficient (Wildman–Crippen LogP) is 4.18. The van der Waals surface area contributed by atoms with Crippen LogP contribution in [-0.2, 0) is 14.3 Å². The number of benzene rings is 2. The number of ether oxygens (including phenoxy) is 2. The highest BCUT2D eigenvalue weighted by Gasteiger charge is 2.35. The molecule has 0 saturated carbocycles. The van der Waals surface area contributed by atoms with Crippen molar-refractivity contribution in [2.75, 3.05) is 50.1 Å². The van der Waals surface area contributed by atoms with E-state index in [0.29, 0.717) is 24.5 Å². The zero-order chi connectivity index (χ0) is 23.2. The van der Waals surface area contributed by atoms with Crippen LogP contribution in [0.3, 0.4) is 0 Å². The summed E-state index contributed by atoms with van der Waals surface area (Å²) >= 11 is 1.50. The van der Waals surface area contributed by atoms with Crippen LogP contribution in [0.25, 0.3) is 0 Å². The molecule has 2 aliphatic heterocycles. The summed E-state index contributed by atoms with van der Waals surface area (Å²) in [5, 5.41) is -0.229. The Labute approximate surface area is 198 Å². The number of rotatable bonds is 9. The molecule has 0 aromatic heterocycles. The van der Waals surface area contributed by atoms with E-state index >= 15 is 0 Å². The second-order valence-corrected chi connectivity index (χ2v) is 9.35. The molecule has 8 heteroatoms. The Hall–Kier alpha value is -2.42. The third-order valence-electron chi connectivity index (χ3n) is 5.93. The fraction of sp³-hybridized carbons (Fsp3) is 0.440. The zero-order valence-corrected chi connectivity index (χ0v) is 19.6. The Kier molecular flexibility index (Phi) is 8.01. The molecule has 6 nitrogen and oxygen atoms in total. The molecule has 1 atom stereocenters. The van der Waals surface area contributed by atoms with Crippen LogP contribution in [0.1, 0.15) is 39.7 Å². The van der Waals surface area contributed by atoms with Crippen LogP contribution >= 0.6 is 11.8 Å². The molecule has 0 spiro atoms. The van der Waals surface area contributed by atoms with Gasteiger partial charge in [-0.1, -0.05) is 12.1 Å². The smallest absolute Gasteiger partial charge is 0.338 e. The molecule has 1 unspecified atom stereocenters. The fourth-order valence-electron chi connectivity index (χ4n) is 4.19. The predicted molar refractivity (Wildman–Crippen MR) is 127 cm³/mol. The van der Waals surface area contributed by atoms with Gasteiger partial charge in [-0.3, -0.25) is 9.69 Å². The standard InChI is InChI=1S/C25H29FN2O4S/c1-18-16-20(25(30)32-15-14-31-13-12-27-10-2-3-11-27)6-9-22(18)28-23(29)17-33-24(28)19-4-7-21(26)8-5-19/h4-9,16,24H,2-3,10-15,17H2,1H3. The molecule has 0 bridgehead atoms. The van der Waals surface area contributed by atoms with Crippen molar-refractivity contribution in [1.82, 2.24) is 4.90 Å². The second-order valence-electron chi connectivity index (χ2n) is 8.28. The van der Waals surface area contributed by atoms with Gasteiger partial charge in [0.1, 0.15) is 17.8 Å². The van der Waals surface area contributed by atoms with Gasteiger partial charge in [-0.2, -0.15) is 0 Å². The molecule has 2 fully saturated rings. The van der Waals surface area contributed by atoms with Gasteiger partial charge in [0.05, 0.1) is 24.5 Å². The topological polar surface area (TPSA) is 59.1 Å². The molecule has 2 aliphatic rings. The van der Waals surface area contributed by atoms with Crippen molar-refractivity contribution in [3.63, 3.8) is 0 Å². The van der Waals surface area contributed by atoms with Crippen molar-refractivity contribution in [2.24, 2.45) is 0 Å². The van der Waals surface area contributed by atoms with E-state index in [2.05, 4.69) is 4.90 Å². The maximum Gasteiger partial charge on any atom is 0.338 e. The Morgan fingerprint density at radius 2 is 1.85 bits per heavy atom. The summed E-state index contributed by atoms with van der Waals surface area (Å²) in [6.45, 7) is 6.28. The first-order chi connectivity index (χ1) is 16.0. The van der Waals surface area contributed by atoms with Gasteiger partial charge < -0.3 is 14.4 Å². The Bertz CT molecular complexity index is 979. The Balaban J connectivity index is 1.32. The lowest BCUT2D eigenvalue weighted by molar-refractivity contribution is -0.115. The number of amides is 1. The summed E-state index contributed by atoms with van der Waals surface area (Å²) in [5.74, 6) is -0.386. The second kappa shape index (κ2) is 11.1. The van der Waals surface area contributed by atoms with Crippen LogP contribution in [-0.4, -0.2) is 62.0 Å². The van der Waals surface area contributed by atoms with Gasteiger partial charge in [-0.25, -0.2) is 9.18 Å². The number of esters is 1. The largest absolute Gasteiger partial charge is 0.460 e. The molecule has 2 aromatic rings. The van der Waals surface area contributed by atoms with Crippen molar-refractivity contribution in [3.8, 4) is 0 Å². The van der Waals surface area contributed by atoms with Gasteiger partial charge >= 0.3 is 5.97 Å². The molecule has 2 heterocycles. The van der Waals surface area contributed by atoms with E-state index in [1.165, 1.54) is 36.7 Å². The molecule has 4 rings (SSSR count). The number of carbonyl (C=O) groups excluding carboxylic acids is 2. The number of carbonyl (C=O) groups is 2. The van der Waals surface area contributed by atoms with Crippen molar-refractivity contribution in [3.05, 3.63) is 65.0 Å². The lowest BCUT2D eigenvalue weighted by Gasteiger charge is -2.26. The molecule has 2 saturated heterocycles. The van der Waals surface area contributed by atoms with Crippen LogP contribution in [0.5, 0.6) is 0 Å². The SMILES string of the molecule is Cc1cc(C(=O)OCCOCCN2CCCC2)ccc1N1C(=O)CSC1c1ccc(F)cc1. The summed E-state index contributed by atoms with van der Waals surface area (Å²) < 4.78 is 24.2. The molecular weight excluding hydrogens is 443 g/mol. The molecule has 0 radical (unpaired) electrons. The zero-order valence-electron chi connectivity index (χ0n) is 18.8. The van der Waals surface area contributed by atoms with E-state index in [1.807, 2.05) is 6.92 Å². The van der Waals surface area contributed by atoms with Gasteiger partial charge in [0, 0.05) is 12.2 Å². The van der Waals surface area contributed by atoms with E-state index < -0.39 is 5.97 Å². The van der Waals surface area contributed by atoms with Gasteiger partial charge in [0.2, 0.25) is 5.91 Å². The molecule has 2 aromatic carbocycles. The quantitative estimate of drug-likeness (QED) is 0.403. The van der Waals surface area contributed by atoms with E-state index in [4.69, 9.17) is 9.47 Å². The maximum absolute atomic E-state index is 13.3. The van der Waals surface area contributed by atoms with Gasteiger partial charge in [-0.15, -0.1) is 11.8 Å². The van der Waals surface area contributed by atoms with E-state index in [1.54, 1.807) is 35.2 Å². The molecule has 1 amide bonds. The number of halogens is 1. The Morgan fingerprint density at radius 1 is 1.09 bits per heavy atom. The first kappa shape index (κ1) is 23.7. The normalized spacial score (nSPS) is 18.8. The van der Waals surface area contributed by atoms with Crippen LogP contribution in [0.15, 0.2) is 42.5 Å². The minimum Gasteiger partial charge on any atom is -0.460 e. The number of thioether (sulfide) groups is 1. The van der Waals surface area contributed by atoms with Crippen LogP contribution in [0.2, 0.25) is 0 Å². The summed E-state index contributed by atoms with van der Waals surface area (Å²) in [6, 6.07) is 11.4. The molecule has 0 N–H and O–H groups in total. The molecule has 0 aliphatic carbocycles. The molecule has 176 valence electrons. The first-order valence-corrected chi connectivity index (χ1v) is 12.3. The summed E-state index contributed by atoms with van der Waals surface area (Å²) in [6.07, 6.45) is 2.51. The van der Waals surface area contributed by atoms with Gasteiger partial charge in [0.25, 0.3) is 0 Å². The molecular formula is C25H29FN2O4S. The summed E-state index contributed by atoms with van der Waals surface area (Å²) in [4.78, 5) is 29.2. The minimum absolute atomic E-state index is 0.0150. The number of hydrogen-bond acceptors (Lipinski definition) is 6. The van der Waals surface area contributed by atoms with E-state index in [9.17, 15) is 14.0 Å². The molecule has 33 heavy (non-hydrogen) atoms. The maximum atomic E-state index is 13.3. The Morgan fingerprint density at radius 3 is 2.58 bits per heavy atom. The van der Waals surface area contributed by atoms with Crippen molar-refractivity contribution < 1.29 is 23.5 Å². The van der Waals surface area contributed by atoms with Crippen LogP contribution < -0.4 is 4.90 Å². The van der Waals surface area contributed by atoms with E-state index in [0.717, 1.165) is 36.4 Å². The van der Waals surface area contributed by atoms with E-state index in [-0.39, 0.29) is 23.7 Å². The summed E-state index contributed by atoms with van der Waals surface area (Å²) in [7, 11) is 0. The first-order valence-electron chi connectivity index (χ1n) is 11.3. The van der Waals surface area contributed by atoms with Gasteiger partial charge in [-0.05, 0) is 74.3 Å². The third kappa shape index (κ3) is 5.93. The number of anilines is 1. The minimum atomic E-state index is -0.412. The number of aryl methyl sites for hydroxylation is 1. The van der Waals surface area contributed by atoms with Crippen molar-refractivity contribution in [2.45, 2.75) is 25.1 Å². The van der Waals surface area contributed by atoms with Gasteiger partial charge in [0.15, 0.2) is 0 Å². The number of likely N-dealkylation sites (tertiary alicyclic amines) is 1. The van der Waals surface area contributed by atoms with Crippen molar-refractivity contribution >= 4 is 29.3 Å². The third-order valence-corrected chi connectivity index (χ3v) is 7.14. The number of hydrogen-bond donors (Lipinski definition) is 0. The highest BCUT2D eigenvalue weighted by Crippen LogP contribution is 2.42. The fourth-order valence-corrected chi connectivity index (χ4v) is 5.36. The van der Waals surface area contributed by atoms with Crippen LogP contribution in [0, 0.1) is 12.7 Å². The average molecular weight is 473 g/mol.